The van der Waals surface area contributed by atoms with Crippen LogP contribution < -0.4 is 10.2 Å². The van der Waals surface area contributed by atoms with Gasteiger partial charge in [0.2, 0.25) is 11.8 Å². The Labute approximate surface area is 193 Å². The summed E-state index contributed by atoms with van der Waals surface area (Å²) in [5, 5.41) is 2.24. The summed E-state index contributed by atoms with van der Waals surface area (Å²) in [6.45, 7) is 4.27. The molecule has 1 aliphatic carbocycles. The molecule has 174 valence electrons. The second-order valence-electron chi connectivity index (χ2n) is 10.5. The van der Waals surface area contributed by atoms with E-state index in [0.717, 1.165) is 36.1 Å². The molecule has 0 radical (unpaired) electrons. The van der Waals surface area contributed by atoms with Gasteiger partial charge < -0.3 is 4.90 Å². The van der Waals surface area contributed by atoms with Gasteiger partial charge in [0, 0.05) is 49.7 Å². The number of anilines is 1. The molecular weight excluding hydrogens is 420 g/mol. The minimum Gasteiger partial charge on any atom is -0.371 e. The van der Waals surface area contributed by atoms with Gasteiger partial charge in [0.15, 0.2) is 0 Å². The number of rotatable bonds is 3. The molecule has 1 spiro atoms. The first-order valence-electron chi connectivity index (χ1n) is 12.3. The third-order valence-electron chi connectivity index (χ3n) is 8.39. The van der Waals surface area contributed by atoms with Crippen molar-refractivity contribution in [1.29, 1.82) is 0 Å². The molecule has 4 heterocycles. The van der Waals surface area contributed by atoms with Crippen LogP contribution in [0.25, 0.3) is 0 Å². The SMILES string of the molecule is O=C1CCC(N2C(=O)c3ccc(N4CCC5(C4)CN(C4CCCCC4)C5)cc3C2=O)C(=O)N1. The molecule has 1 unspecified atom stereocenters. The van der Waals surface area contributed by atoms with E-state index in [-0.39, 0.29) is 18.7 Å². The molecule has 0 aromatic heterocycles. The lowest BCUT2D eigenvalue weighted by atomic mass is 9.76. The molecule has 1 N–H and O–H groups in total. The van der Waals surface area contributed by atoms with Crippen molar-refractivity contribution in [2.75, 3.05) is 31.1 Å². The highest BCUT2D eigenvalue weighted by Crippen LogP contribution is 2.44. The monoisotopic (exact) mass is 450 g/mol. The number of imide groups is 2. The van der Waals surface area contributed by atoms with Crippen LogP contribution in [0, 0.1) is 5.41 Å². The highest BCUT2D eigenvalue weighted by atomic mass is 16.2. The fourth-order valence-electron chi connectivity index (χ4n) is 6.59. The van der Waals surface area contributed by atoms with Crippen LogP contribution in [0.1, 0.15) is 72.1 Å². The molecule has 4 aliphatic heterocycles. The molecule has 4 fully saturated rings. The van der Waals surface area contributed by atoms with Gasteiger partial charge in [-0.2, -0.15) is 0 Å². The van der Waals surface area contributed by atoms with E-state index in [1.54, 1.807) is 6.07 Å². The molecule has 0 bridgehead atoms. The van der Waals surface area contributed by atoms with E-state index in [2.05, 4.69) is 15.1 Å². The largest absolute Gasteiger partial charge is 0.371 e. The first-order valence-corrected chi connectivity index (χ1v) is 12.3. The number of likely N-dealkylation sites (tertiary alicyclic amines) is 1. The maximum atomic E-state index is 13.1. The van der Waals surface area contributed by atoms with Crippen molar-refractivity contribution >= 4 is 29.3 Å². The molecule has 5 aliphatic rings. The van der Waals surface area contributed by atoms with Crippen molar-refractivity contribution in [3.63, 3.8) is 0 Å². The van der Waals surface area contributed by atoms with Crippen molar-refractivity contribution < 1.29 is 19.2 Å². The Hall–Kier alpha value is -2.74. The lowest BCUT2D eigenvalue weighted by Crippen LogP contribution is -2.61. The van der Waals surface area contributed by atoms with Crippen molar-refractivity contribution in [3.8, 4) is 0 Å². The fourth-order valence-corrected chi connectivity index (χ4v) is 6.59. The Balaban J connectivity index is 1.15. The molecule has 1 atom stereocenters. The van der Waals surface area contributed by atoms with Crippen LogP contribution >= 0.6 is 0 Å². The van der Waals surface area contributed by atoms with Gasteiger partial charge in [0.05, 0.1) is 11.1 Å². The number of carbonyl (C=O) groups is 4. The van der Waals surface area contributed by atoms with E-state index in [1.165, 1.54) is 45.2 Å². The minimum absolute atomic E-state index is 0.128. The average Bonchev–Trinajstić information content (AvgIpc) is 3.34. The smallest absolute Gasteiger partial charge is 0.262 e. The molecule has 8 heteroatoms. The number of nitrogens with one attached hydrogen (secondary N) is 1. The van der Waals surface area contributed by atoms with Gasteiger partial charge in [-0.05, 0) is 43.9 Å². The highest BCUT2D eigenvalue weighted by Gasteiger charge is 2.50. The zero-order chi connectivity index (χ0) is 22.7. The van der Waals surface area contributed by atoms with Crippen LogP contribution in [-0.2, 0) is 9.59 Å². The number of benzene rings is 1. The van der Waals surface area contributed by atoms with Gasteiger partial charge in [-0.25, -0.2) is 0 Å². The number of carbonyl (C=O) groups excluding carboxylic acids is 4. The van der Waals surface area contributed by atoms with E-state index >= 15 is 0 Å². The number of hydrogen-bond acceptors (Lipinski definition) is 6. The third kappa shape index (κ3) is 3.38. The quantitative estimate of drug-likeness (QED) is 0.708. The van der Waals surface area contributed by atoms with Crippen molar-refractivity contribution in [3.05, 3.63) is 29.3 Å². The Kier molecular flexibility index (Phi) is 4.83. The molecule has 4 amide bonds. The van der Waals surface area contributed by atoms with Gasteiger partial charge >= 0.3 is 0 Å². The second kappa shape index (κ2) is 7.65. The third-order valence-corrected chi connectivity index (χ3v) is 8.39. The zero-order valence-electron chi connectivity index (χ0n) is 18.8. The summed E-state index contributed by atoms with van der Waals surface area (Å²) in [5.41, 5.74) is 2.01. The first-order chi connectivity index (χ1) is 15.9. The predicted octanol–water partition coefficient (Wildman–Crippen LogP) is 1.93. The van der Waals surface area contributed by atoms with E-state index in [9.17, 15) is 19.2 Å². The molecule has 8 nitrogen and oxygen atoms in total. The normalized spacial score (nSPS) is 27.8. The number of hydrogen-bond donors (Lipinski definition) is 1. The van der Waals surface area contributed by atoms with Crippen LogP contribution in [0.5, 0.6) is 0 Å². The summed E-state index contributed by atoms with van der Waals surface area (Å²) in [7, 11) is 0. The maximum Gasteiger partial charge on any atom is 0.262 e. The molecule has 1 aromatic rings. The Morgan fingerprint density at radius 1 is 0.879 bits per heavy atom. The summed E-state index contributed by atoms with van der Waals surface area (Å²) in [5.74, 6) is -1.82. The van der Waals surface area contributed by atoms with E-state index in [0.29, 0.717) is 16.5 Å². The summed E-state index contributed by atoms with van der Waals surface area (Å²) < 4.78 is 0. The number of nitrogens with zero attached hydrogens (tertiary/aromatic N) is 3. The molecular formula is C25H30N4O4. The van der Waals surface area contributed by atoms with Crippen molar-refractivity contribution in [2.45, 2.75) is 63.5 Å². The molecule has 1 aromatic carbocycles. The van der Waals surface area contributed by atoms with Crippen LogP contribution in [0.2, 0.25) is 0 Å². The standard InChI is InChI=1S/C25H30N4O4/c30-21-9-8-20(22(31)26-21)29-23(32)18-7-6-17(12-19(18)24(29)33)27-11-10-25(13-27)14-28(15-25)16-4-2-1-3-5-16/h6-7,12,16,20H,1-5,8-11,13-15H2,(H,26,30,31). The maximum absolute atomic E-state index is 13.1. The van der Waals surface area contributed by atoms with Gasteiger partial charge in [0.25, 0.3) is 11.8 Å². The number of amides is 4. The highest BCUT2D eigenvalue weighted by molar-refractivity contribution is 6.23. The van der Waals surface area contributed by atoms with Crippen LogP contribution in [0.3, 0.4) is 0 Å². The average molecular weight is 451 g/mol. The topological polar surface area (TPSA) is 90.0 Å². The molecule has 3 saturated heterocycles. The van der Waals surface area contributed by atoms with Crippen molar-refractivity contribution in [1.82, 2.24) is 15.1 Å². The number of piperidine rings is 1. The molecule has 1 saturated carbocycles. The first kappa shape index (κ1) is 20.8. The minimum atomic E-state index is -0.922. The lowest BCUT2D eigenvalue weighted by Gasteiger charge is -2.52. The number of fused-ring (bicyclic) bond motifs is 1. The van der Waals surface area contributed by atoms with Gasteiger partial charge in [-0.15, -0.1) is 0 Å². The van der Waals surface area contributed by atoms with Gasteiger partial charge in [0.1, 0.15) is 6.04 Å². The van der Waals surface area contributed by atoms with Crippen molar-refractivity contribution in [2.24, 2.45) is 5.41 Å². The van der Waals surface area contributed by atoms with Crippen LogP contribution in [0.15, 0.2) is 18.2 Å². The summed E-state index contributed by atoms with van der Waals surface area (Å²) in [6, 6.07) is 5.30. The second-order valence-corrected chi connectivity index (χ2v) is 10.5. The molecule has 6 rings (SSSR count). The van der Waals surface area contributed by atoms with Crippen LogP contribution in [0.4, 0.5) is 5.69 Å². The fraction of sp³-hybridized carbons (Fsp3) is 0.600. The lowest BCUT2D eigenvalue weighted by molar-refractivity contribution is -0.136. The summed E-state index contributed by atoms with van der Waals surface area (Å²) in [4.78, 5) is 55.8. The van der Waals surface area contributed by atoms with E-state index < -0.39 is 23.8 Å². The van der Waals surface area contributed by atoms with Crippen LogP contribution in [-0.4, -0.2) is 71.7 Å². The van der Waals surface area contributed by atoms with Gasteiger partial charge in [-0.3, -0.25) is 34.3 Å². The van der Waals surface area contributed by atoms with E-state index in [4.69, 9.17) is 0 Å². The van der Waals surface area contributed by atoms with Gasteiger partial charge in [-0.1, -0.05) is 19.3 Å². The summed E-state index contributed by atoms with van der Waals surface area (Å²) >= 11 is 0. The van der Waals surface area contributed by atoms with E-state index in [1.807, 2.05) is 12.1 Å². The summed E-state index contributed by atoms with van der Waals surface area (Å²) in [6.07, 6.45) is 8.23. The Morgan fingerprint density at radius 2 is 1.64 bits per heavy atom. The zero-order valence-corrected chi connectivity index (χ0v) is 18.8. The Bertz CT molecular complexity index is 1040. The Morgan fingerprint density at radius 3 is 2.39 bits per heavy atom. The predicted molar refractivity (Wildman–Crippen MR) is 121 cm³/mol. The molecule has 33 heavy (non-hydrogen) atoms.